The Bertz CT molecular complexity index is 1670. The third kappa shape index (κ3) is 7.51. The second-order valence-corrected chi connectivity index (χ2v) is 11.9. The molecule has 44 heavy (non-hydrogen) atoms. The summed E-state index contributed by atoms with van der Waals surface area (Å²) in [6, 6.07) is 12.0. The van der Waals surface area contributed by atoms with E-state index in [-0.39, 0.29) is 23.0 Å². The number of amidine groups is 1. The molecule has 1 saturated heterocycles. The smallest absolute Gasteiger partial charge is 0.354 e. The predicted molar refractivity (Wildman–Crippen MR) is 169 cm³/mol. The van der Waals surface area contributed by atoms with Crippen molar-refractivity contribution in [2.75, 3.05) is 6.54 Å². The lowest BCUT2D eigenvalue weighted by molar-refractivity contribution is 0.111. The second-order valence-electron chi connectivity index (χ2n) is 11.5. The zero-order valence-electron chi connectivity index (χ0n) is 24.5. The zero-order chi connectivity index (χ0) is 31.4. The minimum Gasteiger partial charge on any atom is -0.374 e. The number of aromatic amines is 1. The van der Waals surface area contributed by atoms with Gasteiger partial charge in [0.2, 0.25) is 0 Å². The molecule has 1 fully saturated rings. The van der Waals surface area contributed by atoms with E-state index >= 15 is 4.39 Å². The van der Waals surface area contributed by atoms with Gasteiger partial charge in [0, 0.05) is 35.8 Å². The minimum atomic E-state index is -2.59. The SMILES string of the molecule is CC(=N)NCC[C@@H]1CCC[C@@H](c2ccc(-n3cc4cc(-c5cc(CCCC(N)C(F)F)cc(Cl)c5F)[nH]c4nc3=O)cc2)N1. The van der Waals surface area contributed by atoms with Gasteiger partial charge in [0.1, 0.15) is 5.65 Å². The van der Waals surface area contributed by atoms with Crippen LogP contribution in [0.5, 0.6) is 0 Å². The van der Waals surface area contributed by atoms with Crippen LogP contribution in [0.1, 0.15) is 62.6 Å². The fraction of sp³-hybridized carbons (Fsp3) is 0.406. The summed E-state index contributed by atoms with van der Waals surface area (Å²) < 4.78 is 42.1. The van der Waals surface area contributed by atoms with Gasteiger partial charge < -0.3 is 21.4 Å². The van der Waals surface area contributed by atoms with Crippen molar-refractivity contribution in [2.45, 2.75) is 76.4 Å². The van der Waals surface area contributed by atoms with Gasteiger partial charge in [-0.05, 0) is 86.9 Å². The first-order valence-electron chi connectivity index (χ1n) is 14.9. The van der Waals surface area contributed by atoms with Gasteiger partial charge in [-0.2, -0.15) is 4.98 Å². The summed E-state index contributed by atoms with van der Waals surface area (Å²) in [5, 5.41) is 14.9. The molecule has 12 heteroatoms. The topological polar surface area (TPSA) is 125 Å². The van der Waals surface area contributed by atoms with Gasteiger partial charge in [-0.25, -0.2) is 18.0 Å². The van der Waals surface area contributed by atoms with E-state index in [0.29, 0.717) is 52.7 Å². The van der Waals surface area contributed by atoms with Crippen molar-refractivity contribution in [3.63, 3.8) is 0 Å². The molecule has 0 saturated carbocycles. The van der Waals surface area contributed by atoms with Crippen LogP contribution in [-0.2, 0) is 6.42 Å². The molecule has 0 radical (unpaired) electrons. The van der Waals surface area contributed by atoms with Crippen molar-refractivity contribution < 1.29 is 13.2 Å². The first-order valence-corrected chi connectivity index (χ1v) is 15.3. The summed E-state index contributed by atoms with van der Waals surface area (Å²) in [5.41, 5.74) is 8.37. The maximum Gasteiger partial charge on any atom is 0.354 e. The average molecular weight is 628 g/mol. The summed E-state index contributed by atoms with van der Waals surface area (Å²) >= 11 is 6.18. The zero-order valence-corrected chi connectivity index (χ0v) is 25.2. The number of halogens is 4. The molecule has 1 aliphatic heterocycles. The third-order valence-electron chi connectivity index (χ3n) is 8.15. The van der Waals surface area contributed by atoms with Crippen molar-refractivity contribution in [3.8, 4) is 16.9 Å². The number of nitrogens with one attached hydrogen (secondary N) is 4. The van der Waals surface area contributed by atoms with E-state index in [0.717, 1.165) is 37.8 Å². The van der Waals surface area contributed by atoms with Crippen LogP contribution >= 0.6 is 11.6 Å². The summed E-state index contributed by atoms with van der Waals surface area (Å²) in [6.07, 6.45) is 4.21. The predicted octanol–water partition coefficient (Wildman–Crippen LogP) is 6.25. The van der Waals surface area contributed by atoms with E-state index in [1.54, 1.807) is 25.3 Å². The maximum absolute atomic E-state index is 15.1. The van der Waals surface area contributed by atoms with E-state index in [9.17, 15) is 13.6 Å². The van der Waals surface area contributed by atoms with Crippen LogP contribution in [0, 0.1) is 11.2 Å². The highest BCUT2D eigenvalue weighted by Gasteiger charge is 2.22. The Balaban J connectivity index is 1.33. The lowest BCUT2D eigenvalue weighted by atomic mass is 9.92. The van der Waals surface area contributed by atoms with Crippen LogP contribution in [0.2, 0.25) is 5.02 Å². The molecule has 4 aromatic rings. The second kappa shape index (κ2) is 14.0. The van der Waals surface area contributed by atoms with Crippen molar-refractivity contribution in [3.05, 3.63) is 81.1 Å². The molecule has 2 aromatic carbocycles. The van der Waals surface area contributed by atoms with Gasteiger partial charge in [-0.3, -0.25) is 9.98 Å². The average Bonchev–Trinajstić information content (AvgIpc) is 3.41. The molecule has 8 nitrogen and oxygen atoms in total. The normalized spacial score (nSPS) is 17.7. The van der Waals surface area contributed by atoms with E-state index < -0.39 is 24.0 Å². The summed E-state index contributed by atoms with van der Waals surface area (Å²) in [5.74, 6) is -0.155. The summed E-state index contributed by atoms with van der Waals surface area (Å²) in [4.78, 5) is 20.2. The fourth-order valence-electron chi connectivity index (χ4n) is 5.79. The lowest BCUT2D eigenvalue weighted by Gasteiger charge is -2.31. The van der Waals surface area contributed by atoms with E-state index in [2.05, 4.69) is 20.6 Å². The van der Waals surface area contributed by atoms with Crippen LogP contribution in [0.3, 0.4) is 0 Å². The molecule has 0 spiro atoms. The molecule has 2 aromatic heterocycles. The third-order valence-corrected chi connectivity index (χ3v) is 8.43. The highest BCUT2D eigenvalue weighted by molar-refractivity contribution is 6.31. The van der Waals surface area contributed by atoms with Gasteiger partial charge in [-0.15, -0.1) is 0 Å². The summed E-state index contributed by atoms with van der Waals surface area (Å²) in [7, 11) is 0. The Labute approximate surface area is 258 Å². The number of H-pyrrole nitrogens is 1. The number of alkyl halides is 2. The highest BCUT2D eigenvalue weighted by Crippen LogP contribution is 2.32. The minimum absolute atomic E-state index is 0.0844. The van der Waals surface area contributed by atoms with E-state index in [1.165, 1.54) is 10.6 Å². The van der Waals surface area contributed by atoms with E-state index in [4.69, 9.17) is 22.7 Å². The molecular weight excluding hydrogens is 591 g/mol. The molecule has 0 bridgehead atoms. The van der Waals surface area contributed by atoms with E-state index in [1.807, 2.05) is 24.3 Å². The van der Waals surface area contributed by atoms with Crippen LogP contribution in [0.15, 0.2) is 53.5 Å². The van der Waals surface area contributed by atoms with Gasteiger partial charge in [0.25, 0.3) is 6.43 Å². The molecule has 6 N–H and O–H groups in total. The number of rotatable bonds is 11. The van der Waals surface area contributed by atoms with Crippen LogP contribution in [-0.4, -0.2) is 45.4 Å². The van der Waals surface area contributed by atoms with Crippen molar-refractivity contribution in [1.29, 1.82) is 5.41 Å². The Morgan fingerprint density at radius 1 is 1.23 bits per heavy atom. The van der Waals surface area contributed by atoms with Crippen LogP contribution in [0.25, 0.3) is 28.0 Å². The quantitative estimate of drug-likeness (QED) is 0.0993. The monoisotopic (exact) mass is 627 g/mol. The van der Waals surface area contributed by atoms with Gasteiger partial charge >= 0.3 is 5.69 Å². The molecule has 0 amide bonds. The number of hydrogen-bond acceptors (Lipinski definition) is 5. The molecule has 1 unspecified atom stereocenters. The number of benzene rings is 2. The largest absolute Gasteiger partial charge is 0.374 e. The fourth-order valence-corrected chi connectivity index (χ4v) is 6.03. The molecular formula is C32H37ClF3N7O. The van der Waals surface area contributed by atoms with Gasteiger partial charge in [0.05, 0.1) is 28.3 Å². The number of piperidine rings is 1. The first-order chi connectivity index (χ1) is 21.1. The number of aryl methyl sites for hydroxylation is 1. The standard InChI is InChI=1S/C32H37ClF3N7O/c1-18(37)39-13-12-22-5-3-7-27(40-22)20-8-10-23(11-9-20)43-17-21-16-28(41-31(21)42-32(43)44)24-14-19(15-25(33)29(24)34)4-2-6-26(38)30(35)36/h8-11,14-17,22,26-27,30,40H,2-7,12-13,38H2,1H3,(H2,37,39)(H,41,42,44)/t22-,26?,27-/m0/s1. The highest BCUT2D eigenvalue weighted by atomic mass is 35.5. The molecule has 3 atom stereocenters. The summed E-state index contributed by atoms with van der Waals surface area (Å²) in [6.45, 7) is 2.51. The lowest BCUT2D eigenvalue weighted by Crippen LogP contribution is -2.39. The maximum atomic E-state index is 15.1. The number of nitrogens with two attached hydrogens (primary N) is 1. The van der Waals surface area contributed by atoms with Crippen molar-refractivity contribution in [2.24, 2.45) is 5.73 Å². The first kappa shape index (κ1) is 31.7. The van der Waals surface area contributed by atoms with Crippen molar-refractivity contribution in [1.82, 2.24) is 25.2 Å². The van der Waals surface area contributed by atoms with Crippen LogP contribution < -0.4 is 22.1 Å². The number of nitrogens with zero attached hydrogens (tertiary/aromatic N) is 2. The molecule has 5 rings (SSSR count). The Morgan fingerprint density at radius 2 is 2.00 bits per heavy atom. The molecule has 234 valence electrons. The Morgan fingerprint density at radius 3 is 2.73 bits per heavy atom. The van der Waals surface area contributed by atoms with Gasteiger partial charge in [0.15, 0.2) is 5.82 Å². The number of hydrogen-bond donors (Lipinski definition) is 5. The molecule has 0 aliphatic carbocycles. The number of aromatic nitrogens is 3. The molecule has 3 heterocycles. The Kier molecular flexibility index (Phi) is 10.1. The van der Waals surface area contributed by atoms with Crippen LogP contribution in [0.4, 0.5) is 13.2 Å². The molecule has 1 aliphatic rings. The van der Waals surface area contributed by atoms with Gasteiger partial charge in [-0.1, -0.05) is 30.2 Å². The number of fused-ring (bicyclic) bond motifs is 1. The van der Waals surface area contributed by atoms with Crippen molar-refractivity contribution >= 4 is 28.5 Å². The Hall–Kier alpha value is -3.67.